The number of aliphatic carboxylic acids is 2. The summed E-state index contributed by atoms with van der Waals surface area (Å²) in [4.78, 5) is 39.6. The SMILES string of the molecule is C=C[C@H]1CN(CCCCC)CC[C@H]1CC(=C)C(=O)c1ccnc2ccccc12.O=C(O)C(O)C(O)C(=O)O. The number of likely N-dealkylation sites (tertiary alicyclic amines) is 1. The van der Waals surface area contributed by atoms with Gasteiger partial charge in [-0.3, -0.25) is 9.78 Å². The highest BCUT2D eigenvalue weighted by atomic mass is 16.4. The molecule has 1 fully saturated rings. The Balaban J connectivity index is 0.000000432. The summed E-state index contributed by atoms with van der Waals surface area (Å²) in [5.74, 6) is -2.62. The molecule has 0 amide bonds. The van der Waals surface area contributed by atoms with Crippen molar-refractivity contribution in [3.8, 4) is 0 Å². The third-order valence-electron chi connectivity index (χ3n) is 6.80. The van der Waals surface area contributed by atoms with Gasteiger partial charge in [-0.05, 0) is 61.9 Å². The van der Waals surface area contributed by atoms with Crippen LogP contribution >= 0.6 is 0 Å². The highest BCUT2D eigenvalue weighted by Crippen LogP contribution is 2.31. The molecule has 1 aromatic carbocycles. The molecule has 2 heterocycles. The molecule has 3 rings (SSSR count). The second-order valence-electron chi connectivity index (χ2n) is 9.53. The maximum atomic E-state index is 13.1. The van der Waals surface area contributed by atoms with Crippen molar-refractivity contribution < 1.29 is 34.8 Å². The summed E-state index contributed by atoms with van der Waals surface area (Å²) in [6.45, 7) is 13.8. The Morgan fingerprint density at radius 2 is 1.76 bits per heavy atom. The van der Waals surface area contributed by atoms with Gasteiger partial charge in [0, 0.05) is 23.7 Å². The van der Waals surface area contributed by atoms with E-state index in [9.17, 15) is 14.4 Å². The number of ketones is 1. The van der Waals surface area contributed by atoms with Gasteiger partial charge in [0.25, 0.3) is 0 Å². The topological polar surface area (TPSA) is 148 Å². The number of hydrogen-bond donors (Lipinski definition) is 4. The van der Waals surface area contributed by atoms with Crippen molar-refractivity contribution in [2.45, 2.75) is 51.2 Å². The maximum absolute atomic E-state index is 13.1. The summed E-state index contributed by atoms with van der Waals surface area (Å²) in [5.41, 5.74) is 2.26. The van der Waals surface area contributed by atoms with Crippen LogP contribution < -0.4 is 0 Å². The molecule has 4 atom stereocenters. The monoisotopic (exact) mass is 526 g/mol. The minimum absolute atomic E-state index is 0.0480. The normalized spacial score (nSPS) is 19.0. The predicted octanol–water partition coefficient (Wildman–Crippen LogP) is 3.56. The first kappa shape index (κ1) is 30.8. The van der Waals surface area contributed by atoms with E-state index in [1.54, 1.807) is 6.20 Å². The van der Waals surface area contributed by atoms with Gasteiger partial charge in [-0.25, -0.2) is 9.59 Å². The third kappa shape index (κ3) is 8.58. The van der Waals surface area contributed by atoms with Gasteiger partial charge in [0.2, 0.25) is 0 Å². The molecule has 0 spiro atoms. The average Bonchev–Trinajstić information content (AvgIpc) is 2.92. The van der Waals surface area contributed by atoms with Crippen LogP contribution in [-0.2, 0) is 9.59 Å². The van der Waals surface area contributed by atoms with Crippen LogP contribution in [0.4, 0.5) is 0 Å². The zero-order valence-electron chi connectivity index (χ0n) is 21.8. The number of carboxylic acid groups (broad SMARTS) is 2. The zero-order valence-corrected chi connectivity index (χ0v) is 21.8. The molecule has 2 unspecified atom stereocenters. The summed E-state index contributed by atoms with van der Waals surface area (Å²) >= 11 is 0. The standard InChI is InChI=1S/C25H32N2O.C4H6O6/c1-4-6-9-15-27-16-13-21(20(5-2)18-27)17-19(3)25(28)23-12-14-26-24-11-8-7-10-22(23)24;5-1(3(7)8)2(6)4(9)10/h5,7-8,10-12,14,20-21H,2-4,6,9,13,15-18H2,1H3;1-2,5-6H,(H,7,8)(H,9,10)/t20-,21-;/m0./s1. The fourth-order valence-electron chi connectivity index (χ4n) is 4.57. The number of aliphatic hydroxyl groups excluding tert-OH is 2. The van der Waals surface area contributed by atoms with Crippen molar-refractivity contribution in [2.75, 3.05) is 19.6 Å². The van der Waals surface area contributed by atoms with Crippen molar-refractivity contribution >= 4 is 28.6 Å². The Labute approximate surface area is 223 Å². The fraction of sp³-hybridized carbons (Fsp3) is 0.448. The smallest absolute Gasteiger partial charge is 0.335 e. The number of para-hydroxylation sites is 1. The first-order valence-corrected chi connectivity index (χ1v) is 12.8. The number of allylic oxidation sites excluding steroid dienone is 1. The maximum Gasteiger partial charge on any atom is 0.335 e. The number of carbonyl (C=O) groups excluding carboxylic acids is 1. The molecule has 1 aliphatic heterocycles. The molecule has 9 nitrogen and oxygen atoms in total. The summed E-state index contributed by atoms with van der Waals surface area (Å²) in [6.07, 6.45) is 4.93. The lowest BCUT2D eigenvalue weighted by atomic mass is 9.80. The molecular weight excluding hydrogens is 488 g/mol. The number of pyridine rings is 1. The molecule has 1 aliphatic rings. The van der Waals surface area contributed by atoms with Gasteiger partial charge in [0.05, 0.1) is 5.52 Å². The molecule has 2 aromatic rings. The first-order valence-electron chi connectivity index (χ1n) is 12.8. The van der Waals surface area contributed by atoms with E-state index in [1.165, 1.54) is 25.8 Å². The Hall–Kier alpha value is -3.40. The van der Waals surface area contributed by atoms with Crippen molar-refractivity contribution in [1.82, 2.24) is 9.88 Å². The van der Waals surface area contributed by atoms with E-state index in [2.05, 4.69) is 36.0 Å². The molecule has 0 radical (unpaired) electrons. The number of aromatic nitrogens is 1. The Morgan fingerprint density at radius 3 is 2.37 bits per heavy atom. The fourth-order valence-corrected chi connectivity index (χ4v) is 4.57. The summed E-state index contributed by atoms with van der Waals surface area (Å²) in [7, 11) is 0. The number of unbranched alkanes of at least 4 members (excludes halogenated alkanes) is 2. The van der Waals surface area contributed by atoms with E-state index >= 15 is 0 Å². The van der Waals surface area contributed by atoms with Crippen LogP contribution in [-0.4, -0.2) is 79.9 Å². The number of Topliss-reactive ketones (excluding diaryl/α,β-unsaturated/α-hetero) is 1. The Kier molecular flexibility index (Phi) is 12.3. The second kappa shape index (κ2) is 15.1. The number of aliphatic hydroxyl groups is 2. The van der Waals surface area contributed by atoms with Crippen LogP contribution in [0.2, 0.25) is 0 Å². The van der Waals surface area contributed by atoms with Gasteiger partial charge in [0.1, 0.15) is 0 Å². The van der Waals surface area contributed by atoms with Crippen molar-refractivity contribution in [1.29, 1.82) is 0 Å². The van der Waals surface area contributed by atoms with E-state index in [-0.39, 0.29) is 5.78 Å². The number of benzene rings is 1. The number of carboxylic acids is 2. The molecule has 206 valence electrons. The van der Waals surface area contributed by atoms with Gasteiger partial charge in [0.15, 0.2) is 18.0 Å². The largest absolute Gasteiger partial charge is 0.479 e. The van der Waals surface area contributed by atoms with Gasteiger partial charge in [-0.1, -0.05) is 50.6 Å². The molecule has 4 N–H and O–H groups in total. The van der Waals surface area contributed by atoms with Crippen molar-refractivity contribution in [3.63, 3.8) is 0 Å². The molecule has 0 bridgehead atoms. The summed E-state index contributed by atoms with van der Waals surface area (Å²) in [6, 6.07) is 9.62. The lowest BCUT2D eigenvalue weighted by molar-refractivity contribution is -0.165. The van der Waals surface area contributed by atoms with Gasteiger partial charge >= 0.3 is 11.9 Å². The highest BCUT2D eigenvalue weighted by Gasteiger charge is 2.30. The molecule has 1 saturated heterocycles. The number of hydrogen-bond acceptors (Lipinski definition) is 7. The van der Waals surface area contributed by atoms with E-state index in [1.807, 2.05) is 30.3 Å². The molecule has 0 aliphatic carbocycles. The second-order valence-corrected chi connectivity index (χ2v) is 9.53. The van der Waals surface area contributed by atoms with E-state index < -0.39 is 24.1 Å². The number of nitrogens with zero attached hydrogens (tertiary/aromatic N) is 2. The zero-order chi connectivity index (χ0) is 28.2. The number of fused-ring (bicyclic) bond motifs is 1. The van der Waals surface area contributed by atoms with Crippen LogP contribution in [0, 0.1) is 11.8 Å². The summed E-state index contributed by atoms with van der Waals surface area (Å²) in [5, 5.41) is 33.4. The first-order chi connectivity index (χ1) is 18.1. The molecule has 9 heteroatoms. The predicted molar refractivity (Wildman–Crippen MR) is 145 cm³/mol. The third-order valence-corrected chi connectivity index (χ3v) is 6.80. The quantitative estimate of drug-likeness (QED) is 0.141. The molecular formula is C29H38N2O7. The minimum atomic E-state index is -2.27. The van der Waals surface area contributed by atoms with Gasteiger partial charge in [-0.15, -0.1) is 6.58 Å². The number of carbonyl (C=O) groups is 3. The van der Waals surface area contributed by atoms with Crippen LogP contribution in [0.3, 0.4) is 0 Å². The lowest BCUT2D eigenvalue weighted by Gasteiger charge is -2.37. The lowest BCUT2D eigenvalue weighted by Crippen LogP contribution is -2.40. The average molecular weight is 527 g/mol. The molecule has 0 saturated carbocycles. The number of piperidine rings is 1. The van der Waals surface area contributed by atoms with Gasteiger partial charge in [-0.2, -0.15) is 0 Å². The Bertz CT molecular complexity index is 1110. The van der Waals surface area contributed by atoms with Crippen LogP contribution in [0.15, 0.2) is 61.3 Å². The van der Waals surface area contributed by atoms with Crippen molar-refractivity contribution in [2.24, 2.45) is 11.8 Å². The van der Waals surface area contributed by atoms with Crippen molar-refractivity contribution in [3.05, 3.63) is 66.9 Å². The van der Waals surface area contributed by atoms with Crippen LogP contribution in [0.1, 0.15) is 49.4 Å². The molecule has 1 aromatic heterocycles. The van der Waals surface area contributed by atoms with Crippen LogP contribution in [0.5, 0.6) is 0 Å². The van der Waals surface area contributed by atoms with E-state index in [0.29, 0.717) is 23.0 Å². The van der Waals surface area contributed by atoms with E-state index in [4.69, 9.17) is 20.4 Å². The minimum Gasteiger partial charge on any atom is -0.479 e. The number of rotatable bonds is 12. The Morgan fingerprint density at radius 1 is 1.11 bits per heavy atom. The van der Waals surface area contributed by atoms with Crippen LogP contribution in [0.25, 0.3) is 10.9 Å². The molecule has 38 heavy (non-hydrogen) atoms. The summed E-state index contributed by atoms with van der Waals surface area (Å²) < 4.78 is 0. The van der Waals surface area contributed by atoms with Gasteiger partial charge < -0.3 is 25.3 Å². The van der Waals surface area contributed by atoms with E-state index in [0.717, 1.165) is 36.8 Å². The highest BCUT2D eigenvalue weighted by molar-refractivity contribution is 6.15.